The van der Waals surface area contributed by atoms with Gasteiger partial charge >= 0.3 is 0 Å². The van der Waals surface area contributed by atoms with Gasteiger partial charge in [-0.15, -0.1) is 0 Å². The predicted octanol–water partition coefficient (Wildman–Crippen LogP) is 4.73. The normalized spacial score (nSPS) is 10.7. The summed E-state index contributed by atoms with van der Waals surface area (Å²) in [4.78, 5) is 24.9. The van der Waals surface area contributed by atoms with Gasteiger partial charge in [0.1, 0.15) is 0 Å². The topological polar surface area (TPSA) is 63.1 Å². The molecule has 2 amide bonds. The van der Waals surface area contributed by atoms with Gasteiger partial charge in [-0.25, -0.2) is 0 Å². The summed E-state index contributed by atoms with van der Waals surface area (Å²) in [6, 6.07) is 15.0. The number of amides is 2. The van der Waals surface area contributed by atoms with Crippen LogP contribution in [0.2, 0.25) is 5.02 Å². The Hall–Kier alpha value is -3.05. The molecule has 0 radical (unpaired) electrons. The minimum absolute atomic E-state index is 0.144. The Bertz CT molecular complexity index is 1070. The number of nitrogens with one attached hydrogen (secondary N) is 2. The number of carbonyl (C=O) groups excluding carboxylic acids is 2. The van der Waals surface area contributed by atoms with E-state index in [9.17, 15) is 9.59 Å². The number of hydrogen-bond donors (Lipinski definition) is 2. The number of benzene rings is 2. The number of aromatic nitrogens is 1. The second-order valence-corrected chi connectivity index (χ2v) is 7.50. The third-order valence-electron chi connectivity index (χ3n) is 5.01. The number of hydrogen-bond acceptors (Lipinski definition) is 2. The molecule has 0 spiro atoms. The molecule has 0 aliphatic heterocycles. The van der Waals surface area contributed by atoms with Crippen LogP contribution in [-0.4, -0.2) is 22.9 Å². The van der Waals surface area contributed by atoms with Crippen molar-refractivity contribution in [3.8, 4) is 5.69 Å². The lowest BCUT2D eigenvalue weighted by Crippen LogP contribution is -2.33. The van der Waals surface area contributed by atoms with Crippen molar-refractivity contribution in [2.45, 2.75) is 27.7 Å². The number of carbonyl (C=O) groups is 2. The lowest BCUT2D eigenvalue weighted by Gasteiger charge is -2.13. The molecule has 3 aromatic rings. The molecule has 0 saturated heterocycles. The zero-order chi connectivity index (χ0) is 21.1. The fourth-order valence-electron chi connectivity index (χ4n) is 3.24. The lowest BCUT2D eigenvalue weighted by atomic mass is 10.1. The van der Waals surface area contributed by atoms with Crippen molar-refractivity contribution in [3.05, 3.63) is 81.6 Å². The number of halogens is 1. The molecule has 1 heterocycles. The molecule has 0 aliphatic rings. The van der Waals surface area contributed by atoms with Crippen LogP contribution in [0.4, 0.5) is 5.69 Å². The van der Waals surface area contributed by atoms with Crippen LogP contribution in [0.5, 0.6) is 0 Å². The summed E-state index contributed by atoms with van der Waals surface area (Å²) >= 11 is 6.24. The van der Waals surface area contributed by atoms with Crippen LogP contribution in [0.25, 0.3) is 5.69 Å². The van der Waals surface area contributed by atoms with Crippen LogP contribution in [0.3, 0.4) is 0 Å². The fourth-order valence-corrected chi connectivity index (χ4v) is 3.44. The van der Waals surface area contributed by atoms with E-state index in [4.69, 9.17) is 11.6 Å². The SMILES string of the molecule is Cc1cccc(NC(=O)CNC(=O)c2cc(-n3c(C)ccc3C)ccc2Cl)c1C. The fraction of sp³-hybridized carbons (Fsp3) is 0.217. The Morgan fingerprint density at radius 2 is 1.66 bits per heavy atom. The van der Waals surface area contributed by atoms with Crippen LogP contribution < -0.4 is 10.6 Å². The average Bonchev–Trinajstić information content (AvgIpc) is 3.02. The molecule has 0 atom stereocenters. The van der Waals surface area contributed by atoms with E-state index in [0.29, 0.717) is 10.6 Å². The molecule has 0 aliphatic carbocycles. The van der Waals surface area contributed by atoms with Crippen molar-refractivity contribution >= 4 is 29.1 Å². The van der Waals surface area contributed by atoms with Crippen molar-refractivity contribution in [3.63, 3.8) is 0 Å². The highest BCUT2D eigenvalue weighted by Crippen LogP contribution is 2.23. The Morgan fingerprint density at radius 1 is 0.966 bits per heavy atom. The lowest BCUT2D eigenvalue weighted by molar-refractivity contribution is -0.115. The van der Waals surface area contributed by atoms with Gasteiger partial charge in [0.15, 0.2) is 0 Å². The summed E-state index contributed by atoms with van der Waals surface area (Å²) in [6.07, 6.45) is 0. The van der Waals surface area contributed by atoms with E-state index < -0.39 is 5.91 Å². The van der Waals surface area contributed by atoms with Gasteiger partial charge in [-0.05, 0) is 75.2 Å². The summed E-state index contributed by atoms with van der Waals surface area (Å²) in [7, 11) is 0. The molecular weight excluding hydrogens is 386 g/mol. The van der Waals surface area contributed by atoms with Gasteiger partial charge in [0.25, 0.3) is 5.91 Å². The zero-order valence-electron chi connectivity index (χ0n) is 17.0. The van der Waals surface area contributed by atoms with Gasteiger partial charge in [-0.3, -0.25) is 9.59 Å². The molecule has 3 rings (SSSR count). The Kier molecular flexibility index (Phi) is 6.09. The molecular formula is C23H24ClN3O2. The van der Waals surface area contributed by atoms with Crippen molar-refractivity contribution in [1.82, 2.24) is 9.88 Å². The van der Waals surface area contributed by atoms with E-state index in [-0.39, 0.29) is 12.5 Å². The Balaban J connectivity index is 1.71. The highest BCUT2D eigenvalue weighted by Gasteiger charge is 2.15. The van der Waals surface area contributed by atoms with Gasteiger partial charge < -0.3 is 15.2 Å². The van der Waals surface area contributed by atoms with Gasteiger partial charge in [0.05, 0.1) is 17.1 Å². The largest absolute Gasteiger partial charge is 0.343 e. The molecule has 0 saturated carbocycles. The summed E-state index contributed by atoms with van der Waals surface area (Å²) in [5.41, 5.74) is 6.12. The first-order chi connectivity index (χ1) is 13.8. The summed E-state index contributed by atoms with van der Waals surface area (Å²) < 4.78 is 2.04. The van der Waals surface area contributed by atoms with Crippen molar-refractivity contribution in [1.29, 1.82) is 0 Å². The van der Waals surface area contributed by atoms with E-state index in [0.717, 1.165) is 33.9 Å². The average molecular weight is 410 g/mol. The molecule has 150 valence electrons. The molecule has 2 aromatic carbocycles. The molecule has 29 heavy (non-hydrogen) atoms. The maximum atomic E-state index is 12.7. The Morgan fingerprint density at radius 3 is 2.34 bits per heavy atom. The third-order valence-corrected chi connectivity index (χ3v) is 5.34. The first-order valence-corrected chi connectivity index (χ1v) is 9.75. The first-order valence-electron chi connectivity index (χ1n) is 9.37. The maximum absolute atomic E-state index is 12.7. The van der Waals surface area contributed by atoms with Crippen LogP contribution in [0, 0.1) is 27.7 Å². The smallest absolute Gasteiger partial charge is 0.253 e. The van der Waals surface area contributed by atoms with Crippen LogP contribution in [0.1, 0.15) is 32.9 Å². The minimum atomic E-state index is -0.393. The first kappa shape index (κ1) is 20.7. The van der Waals surface area contributed by atoms with E-state index in [1.165, 1.54) is 0 Å². The predicted molar refractivity (Wildman–Crippen MR) is 117 cm³/mol. The van der Waals surface area contributed by atoms with E-state index in [2.05, 4.69) is 10.6 Å². The van der Waals surface area contributed by atoms with E-state index in [1.807, 2.05) is 68.7 Å². The molecule has 0 bridgehead atoms. The molecule has 2 N–H and O–H groups in total. The van der Waals surface area contributed by atoms with E-state index in [1.54, 1.807) is 12.1 Å². The molecule has 0 unspecified atom stereocenters. The third kappa shape index (κ3) is 4.51. The molecule has 6 heteroatoms. The minimum Gasteiger partial charge on any atom is -0.343 e. The zero-order valence-corrected chi connectivity index (χ0v) is 17.7. The summed E-state index contributed by atoms with van der Waals surface area (Å²) in [6.45, 7) is 7.78. The van der Waals surface area contributed by atoms with Crippen LogP contribution in [-0.2, 0) is 4.79 Å². The van der Waals surface area contributed by atoms with Gasteiger partial charge in [-0.2, -0.15) is 0 Å². The van der Waals surface area contributed by atoms with Crippen molar-refractivity contribution < 1.29 is 9.59 Å². The van der Waals surface area contributed by atoms with E-state index >= 15 is 0 Å². The second-order valence-electron chi connectivity index (χ2n) is 7.09. The highest BCUT2D eigenvalue weighted by atomic mass is 35.5. The standard InChI is InChI=1S/C23H24ClN3O2/c1-14-6-5-7-21(17(14)4)26-22(28)13-25-23(29)19-12-18(10-11-20(19)24)27-15(2)8-9-16(27)3/h5-12H,13H2,1-4H3,(H,25,29)(H,26,28). The van der Waals surface area contributed by atoms with Crippen LogP contribution in [0.15, 0.2) is 48.5 Å². The van der Waals surface area contributed by atoms with Crippen LogP contribution >= 0.6 is 11.6 Å². The molecule has 0 fully saturated rings. The quantitative estimate of drug-likeness (QED) is 0.639. The van der Waals surface area contributed by atoms with Crippen molar-refractivity contribution in [2.75, 3.05) is 11.9 Å². The highest BCUT2D eigenvalue weighted by molar-refractivity contribution is 6.34. The molecule has 1 aromatic heterocycles. The second kappa shape index (κ2) is 8.53. The number of rotatable bonds is 5. The van der Waals surface area contributed by atoms with Crippen molar-refractivity contribution in [2.24, 2.45) is 0 Å². The number of anilines is 1. The Labute approximate surface area is 175 Å². The maximum Gasteiger partial charge on any atom is 0.253 e. The molecule has 5 nitrogen and oxygen atoms in total. The number of nitrogens with zero attached hydrogens (tertiary/aromatic N) is 1. The monoisotopic (exact) mass is 409 g/mol. The van der Waals surface area contributed by atoms with Gasteiger partial charge in [0.2, 0.25) is 5.91 Å². The number of aryl methyl sites for hydroxylation is 3. The summed E-state index contributed by atoms with van der Waals surface area (Å²) in [5, 5.41) is 5.82. The van der Waals surface area contributed by atoms with Gasteiger partial charge in [0, 0.05) is 22.8 Å². The summed E-state index contributed by atoms with van der Waals surface area (Å²) in [5.74, 6) is -0.688. The van der Waals surface area contributed by atoms with Gasteiger partial charge in [-0.1, -0.05) is 23.7 Å².